The summed E-state index contributed by atoms with van der Waals surface area (Å²) in [5.41, 5.74) is 0. The van der Waals surface area contributed by atoms with Crippen molar-refractivity contribution in [3.63, 3.8) is 0 Å². The Labute approximate surface area is 88.8 Å². The summed E-state index contributed by atoms with van der Waals surface area (Å²) in [6, 6.07) is 5.31. The van der Waals surface area contributed by atoms with E-state index >= 15 is 0 Å². The first-order valence-electron chi connectivity index (χ1n) is 4.33. The van der Waals surface area contributed by atoms with Crippen LogP contribution in [0.25, 0.3) is 21.8 Å². The Bertz CT molecular complexity index is 601. The SMILES string of the molecule is Oc1nc(-c2ccco2)nc2sccc12. The summed E-state index contributed by atoms with van der Waals surface area (Å²) >= 11 is 1.46. The van der Waals surface area contributed by atoms with Gasteiger partial charge in [-0.15, -0.1) is 11.3 Å². The van der Waals surface area contributed by atoms with E-state index in [2.05, 4.69) is 9.97 Å². The fourth-order valence-corrected chi connectivity index (χ4v) is 2.11. The number of fused-ring (bicyclic) bond motifs is 1. The van der Waals surface area contributed by atoms with E-state index in [-0.39, 0.29) is 5.88 Å². The van der Waals surface area contributed by atoms with Gasteiger partial charge in [0.2, 0.25) is 5.88 Å². The van der Waals surface area contributed by atoms with Crippen molar-refractivity contribution in [3.8, 4) is 17.5 Å². The van der Waals surface area contributed by atoms with E-state index in [9.17, 15) is 5.11 Å². The predicted octanol–water partition coefficient (Wildman–Crippen LogP) is 2.66. The second-order valence-corrected chi connectivity index (χ2v) is 3.88. The molecule has 0 aromatic carbocycles. The Hall–Kier alpha value is -1.88. The molecule has 0 saturated heterocycles. The minimum atomic E-state index is -0.00681. The molecular formula is C10H6N2O2S. The van der Waals surface area contributed by atoms with Crippen molar-refractivity contribution >= 4 is 21.6 Å². The molecule has 0 unspecified atom stereocenters. The third-order valence-electron chi connectivity index (χ3n) is 2.05. The summed E-state index contributed by atoms with van der Waals surface area (Å²) in [5, 5.41) is 12.2. The summed E-state index contributed by atoms with van der Waals surface area (Å²) in [6.45, 7) is 0. The Morgan fingerprint density at radius 1 is 1.27 bits per heavy atom. The highest BCUT2D eigenvalue weighted by atomic mass is 32.1. The third-order valence-corrected chi connectivity index (χ3v) is 2.85. The van der Waals surface area contributed by atoms with Gasteiger partial charge in [0.25, 0.3) is 0 Å². The second-order valence-electron chi connectivity index (χ2n) is 2.99. The molecule has 0 spiro atoms. The summed E-state index contributed by atoms with van der Waals surface area (Å²) in [5.74, 6) is 0.959. The quantitative estimate of drug-likeness (QED) is 0.682. The average molecular weight is 218 g/mol. The van der Waals surface area contributed by atoms with Gasteiger partial charge in [0.05, 0.1) is 11.6 Å². The summed E-state index contributed by atoms with van der Waals surface area (Å²) in [4.78, 5) is 9.02. The molecule has 0 aliphatic rings. The molecule has 3 aromatic heterocycles. The van der Waals surface area contributed by atoms with E-state index < -0.39 is 0 Å². The maximum atomic E-state index is 9.65. The van der Waals surface area contributed by atoms with Crippen LogP contribution in [0.4, 0.5) is 0 Å². The van der Waals surface area contributed by atoms with E-state index in [1.54, 1.807) is 24.5 Å². The molecule has 0 atom stereocenters. The highest BCUT2D eigenvalue weighted by molar-refractivity contribution is 7.16. The molecule has 0 aliphatic carbocycles. The first-order chi connectivity index (χ1) is 7.34. The first-order valence-corrected chi connectivity index (χ1v) is 5.20. The van der Waals surface area contributed by atoms with Gasteiger partial charge in [0.1, 0.15) is 4.83 Å². The molecule has 0 radical (unpaired) electrons. The molecule has 5 heteroatoms. The predicted molar refractivity (Wildman–Crippen MR) is 56.8 cm³/mol. The fourth-order valence-electron chi connectivity index (χ4n) is 1.36. The lowest BCUT2D eigenvalue weighted by atomic mass is 10.3. The van der Waals surface area contributed by atoms with Crippen LogP contribution in [0, 0.1) is 0 Å². The molecule has 0 fully saturated rings. The monoisotopic (exact) mass is 218 g/mol. The number of aromatic nitrogens is 2. The third kappa shape index (κ3) is 1.28. The number of hydrogen-bond acceptors (Lipinski definition) is 5. The number of thiophene rings is 1. The lowest BCUT2D eigenvalue weighted by Crippen LogP contribution is -1.87. The molecule has 15 heavy (non-hydrogen) atoms. The smallest absolute Gasteiger partial charge is 0.223 e. The molecule has 4 nitrogen and oxygen atoms in total. The normalized spacial score (nSPS) is 10.9. The van der Waals surface area contributed by atoms with Gasteiger partial charge in [0, 0.05) is 0 Å². The lowest BCUT2D eigenvalue weighted by molar-refractivity contribution is 0.459. The number of hydrogen-bond donors (Lipinski definition) is 1. The Kier molecular flexibility index (Phi) is 1.72. The number of nitrogens with zero attached hydrogens (tertiary/aromatic N) is 2. The maximum absolute atomic E-state index is 9.65. The van der Waals surface area contributed by atoms with E-state index in [1.807, 2.05) is 5.38 Å². The van der Waals surface area contributed by atoms with Crippen molar-refractivity contribution in [2.75, 3.05) is 0 Å². The van der Waals surface area contributed by atoms with Crippen LogP contribution in [0.3, 0.4) is 0 Å². The van der Waals surface area contributed by atoms with Crippen molar-refractivity contribution in [2.24, 2.45) is 0 Å². The van der Waals surface area contributed by atoms with Crippen LogP contribution < -0.4 is 0 Å². The largest absolute Gasteiger partial charge is 0.493 e. The Morgan fingerprint density at radius 2 is 2.20 bits per heavy atom. The molecule has 3 rings (SSSR count). The molecule has 0 aliphatic heterocycles. The van der Waals surface area contributed by atoms with E-state index in [4.69, 9.17) is 4.42 Å². The molecule has 3 aromatic rings. The minimum Gasteiger partial charge on any atom is -0.493 e. The van der Waals surface area contributed by atoms with Crippen LogP contribution in [0.5, 0.6) is 5.88 Å². The standard InChI is InChI=1S/C10H6N2O2S/c13-9-6-3-5-15-10(6)12-8(11-9)7-2-1-4-14-7/h1-5H,(H,11,12,13). The van der Waals surface area contributed by atoms with Gasteiger partial charge in [-0.25, -0.2) is 4.98 Å². The van der Waals surface area contributed by atoms with E-state index in [1.165, 1.54) is 11.3 Å². The van der Waals surface area contributed by atoms with Crippen LogP contribution in [0.15, 0.2) is 34.3 Å². The highest BCUT2D eigenvalue weighted by Gasteiger charge is 2.10. The van der Waals surface area contributed by atoms with E-state index in [0.29, 0.717) is 17.0 Å². The fraction of sp³-hybridized carbons (Fsp3) is 0. The van der Waals surface area contributed by atoms with Crippen LogP contribution in [-0.2, 0) is 0 Å². The summed E-state index contributed by atoms with van der Waals surface area (Å²) < 4.78 is 5.17. The topological polar surface area (TPSA) is 59.2 Å². The zero-order valence-corrected chi connectivity index (χ0v) is 8.36. The lowest BCUT2D eigenvalue weighted by Gasteiger charge is -1.97. The summed E-state index contributed by atoms with van der Waals surface area (Å²) in [6.07, 6.45) is 1.55. The van der Waals surface area contributed by atoms with Crippen molar-refractivity contribution in [1.29, 1.82) is 0 Å². The number of rotatable bonds is 1. The molecular weight excluding hydrogens is 212 g/mol. The van der Waals surface area contributed by atoms with Crippen LogP contribution in [0.2, 0.25) is 0 Å². The van der Waals surface area contributed by atoms with Crippen LogP contribution in [0.1, 0.15) is 0 Å². The van der Waals surface area contributed by atoms with Gasteiger partial charge >= 0.3 is 0 Å². The molecule has 74 valence electrons. The van der Waals surface area contributed by atoms with E-state index in [0.717, 1.165) is 4.83 Å². The van der Waals surface area contributed by atoms with Crippen molar-refractivity contribution in [1.82, 2.24) is 9.97 Å². The molecule has 0 bridgehead atoms. The Morgan fingerprint density at radius 3 is 3.00 bits per heavy atom. The average Bonchev–Trinajstić information content (AvgIpc) is 2.88. The van der Waals surface area contributed by atoms with Gasteiger partial charge in [-0.05, 0) is 23.6 Å². The van der Waals surface area contributed by atoms with Crippen LogP contribution in [-0.4, -0.2) is 15.1 Å². The zero-order chi connectivity index (χ0) is 10.3. The van der Waals surface area contributed by atoms with Crippen LogP contribution >= 0.6 is 11.3 Å². The van der Waals surface area contributed by atoms with Gasteiger partial charge < -0.3 is 9.52 Å². The van der Waals surface area contributed by atoms with Gasteiger partial charge in [-0.1, -0.05) is 0 Å². The molecule has 3 heterocycles. The van der Waals surface area contributed by atoms with Crippen molar-refractivity contribution < 1.29 is 9.52 Å². The molecule has 1 N–H and O–H groups in total. The summed E-state index contributed by atoms with van der Waals surface area (Å²) in [7, 11) is 0. The van der Waals surface area contributed by atoms with Crippen molar-refractivity contribution in [2.45, 2.75) is 0 Å². The zero-order valence-electron chi connectivity index (χ0n) is 7.54. The molecule has 0 saturated carbocycles. The first kappa shape index (κ1) is 8.43. The van der Waals surface area contributed by atoms with Crippen molar-refractivity contribution in [3.05, 3.63) is 29.8 Å². The van der Waals surface area contributed by atoms with Gasteiger partial charge in [-0.3, -0.25) is 0 Å². The van der Waals surface area contributed by atoms with Gasteiger partial charge in [-0.2, -0.15) is 4.98 Å². The maximum Gasteiger partial charge on any atom is 0.223 e. The highest BCUT2D eigenvalue weighted by Crippen LogP contribution is 2.28. The Balaban J connectivity index is 2.29. The van der Waals surface area contributed by atoms with Gasteiger partial charge in [0.15, 0.2) is 11.6 Å². The second kappa shape index (κ2) is 3.06. The minimum absolute atomic E-state index is 0.00681. The molecule has 0 amide bonds. The number of furan rings is 1. The number of aromatic hydroxyl groups is 1.